The van der Waals surface area contributed by atoms with Crippen molar-refractivity contribution in [2.75, 3.05) is 16.6 Å². The van der Waals surface area contributed by atoms with Gasteiger partial charge in [0.25, 0.3) is 5.91 Å². The predicted molar refractivity (Wildman–Crippen MR) is 184 cm³/mol. The van der Waals surface area contributed by atoms with Gasteiger partial charge >= 0.3 is 10.2 Å². The molecular weight excluding hydrogens is 671 g/mol. The fraction of sp³-hybridized carbons (Fsp3) is 0.222. The van der Waals surface area contributed by atoms with E-state index in [4.69, 9.17) is 4.98 Å². The summed E-state index contributed by atoms with van der Waals surface area (Å²) in [7, 11) is -7.51. The van der Waals surface area contributed by atoms with Crippen LogP contribution in [0.4, 0.5) is 14.5 Å². The van der Waals surface area contributed by atoms with Gasteiger partial charge in [0.2, 0.25) is 0 Å². The van der Waals surface area contributed by atoms with Crippen molar-refractivity contribution in [3.63, 3.8) is 0 Å². The lowest BCUT2D eigenvalue weighted by molar-refractivity contribution is -0.117. The lowest BCUT2D eigenvalue weighted by atomic mass is 9.94. The summed E-state index contributed by atoms with van der Waals surface area (Å²) < 4.78 is 84.3. The lowest BCUT2D eigenvalue weighted by Crippen LogP contribution is -2.29. The zero-order chi connectivity index (χ0) is 35.1. The summed E-state index contributed by atoms with van der Waals surface area (Å²) in [6.45, 7) is 5.66. The summed E-state index contributed by atoms with van der Waals surface area (Å²) in [5.41, 5.74) is 3.37. The van der Waals surface area contributed by atoms with Gasteiger partial charge in [-0.3, -0.25) is 4.79 Å². The van der Waals surface area contributed by atoms with Crippen LogP contribution < -0.4 is 9.03 Å². The van der Waals surface area contributed by atoms with Gasteiger partial charge in [-0.05, 0) is 71.0 Å². The van der Waals surface area contributed by atoms with E-state index in [0.717, 1.165) is 33.1 Å². The number of halogens is 2. The van der Waals surface area contributed by atoms with E-state index < -0.39 is 37.6 Å². The molecule has 13 heteroatoms. The number of benzene rings is 4. The molecule has 0 radical (unpaired) electrons. The summed E-state index contributed by atoms with van der Waals surface area (Å²) in [6, 6.07) is 24.1. The number of nitrogens with zero attached hydrogens (tertiary/aromatic N) is 3. The van der Waals surface area contributed by atoms with E-state index in [0.29, 0.717) is 17.9 Å². The maximum absolute atomic E-state index is 14.9. The summed E-state index contributed by atoms with van der Waals surface area (Å²) >= 11 is 0. The average Bonchev–Trinajstić information content (AvgIpc) is 3.58. The second-order valence-electron chi connectivity index (χ2n) is 13.1. The molecule has 0 unspecified atom stereocenters. The number of hydrogen-bond acceptors (Lipinski definition) is 6. The minimum absolute atomic E-state index is 0.0567. The fourth-order valence-corrected chi connectivity index (χ4v) is 8.34. The highest BCUT2D eigenvalue weighted by molar-refractivity contribution is 7.92. The predicted octanol–water partition coefficient (Wildman–Crippen LogP) is 6.47. The molecular formula is C36H34F2N4O5S2. The largest absolute Gasteiger partial charge is 0.326 e. The molecule has 1 N–H and O–H groups in total. The van der Waals surface area contributed by atoms with Crippen molar-refractivity contribution in [2.45, 2.75) is 38.5 Å². The van der Waals surface area contributed by atoms with Crippen LogP contribution in [0.1, 0.15) is 38.6 Å². The van der Waals surface area contributed by atoms with Crippen LogP contribution in [0.2, 0.25) is 0 Å². The summed E-state index contributed by atoms with van der Waals surface area (Å²) in [5, 5.41) is 0. The molecule has 49 heavy (non-hydrogen) atoms. The van der Waals surface area contributed by atoms with E-state index >= 15 is 0 Å². The molecule has 1 aromatic heterocycles. The summed E-state index contributed by atoms with van der Waals surface area (Å²) in [6.07, 6.45) is 2.40. The van der Waals surface area contributed by atoms with Crippen LogP contribution in [0.25, 0.3) is 28.1 Å². The van der Waals surface area contributed by atoms with Crippen LogP contribution in [-0.4, -0.2) is 44.6 Å². The Kier molecular flexibility index (Phi) is 8.92. The molecule has 1 saturated heterocycles. The van der Waals surface area contributed by atoms with Gasteiger partial charge in [-0.2, -0.15) is 8.42 Å². The molecule has 1 amide bonds. The molecule has 1 aliphatic heterocycles. The van der Waals surface area contributed by atoms with Gasteiger partial charge in [0.05, 0.1) is 22.0 Å². The number of aromatic nitrogens is 2. The molecule has 0 atom stereocenters. The third-order valence-electron chi connectivity index (χ3n) is 8.17. The van der Waals surface area contributed by atoms with E-state index in [-0.39, 0.29) is 46.0 Å². The molecule has 5 aromatic rings. The van der Waals surface area contributed by atoms with Crippen LogP contribution in [0.3, 0.4) is 0 Å². The first-order valence-corrected chi connectivity index (χ1v) is 18.6. The van der Waals surface area contributed by atoms with Crippen LogP contribution in [0.5, 0.6) is 0 Å². The maximum Gasteiger partial charge on any atom is 0.326 e. The Bertz CT molecular complexity index is 2280. The Hall–Kier alpha value is -4.88. The van der Waals surface area contributed by atoms with Crippen molar-refractivity contribution in [1.82, 2.24) is 14.3 Å². The fourth-order valence-electron chi connectivity index (χ4n) is 5.49. The monoisotopic (exact) mass is 704 g/mol. The maximum atomic E-state index is 14.9. The molecule has 2 heterocycles. The van der Waals surface area contributed by atoms with E-state index in [1.807, 2.05) is 55.8 Å². The molecule has 0 saturated carbocycles. The number of amides is 1. The van der Waals surface area contributed by atoms with Gasteiger partial charge in [0.15, 0.2) is 9.84 Å². The summed E-state index contributed by atoms with van der Waals surface area (Å²) in [4.78, 5) is 16.8. The summed E-state index contributed by atoms with van der Waals surface area (Å²) in [5.74, 6) is -1.63. The van der Waals surface area contributed by atoms with E-state index in [9.17, 15) is 30.4 Å². The van der Waals surface area contributed by atoms with Crippen molar-refractivity contribution in [1.29, 1.82) is 0 Å². The Labute approximate surface area is 284 Å². The van der Waals surface area contributed by atoms with Crippen molar-refractivity contribution in [3.05, 3.63) is 120 Å². The minimum Gasteiger partial charge on any atom is -0.303 e. The zero-order valence-corrected chi connectivity index (χ0v) is 28.7. The molecule has 6 rings (SSSR count). The number of carbonyl (C=O) groups is 1. The van der Waals surface area contributed by atoms with Crippen molar-refractivity contribution in [2.24, 2.45) is 5.41 Å². The number of imidazole rings is 1. The Balaban J connectivity index is 1.33. The Morgan fingerprint density at radius 3 is 2.27 bits per heavy atom. The third kappa shape index (κ3) is 7.57. The Morgan fingerprint density at radius 1 is 0.878 bits per heavy atom. The number of hydrogen-bond donors (Lipinski definition) is 1. The number of rotatable bonds is 9. The third-order valence-corrected chi connectivity index (χ3v) is 11.3. The van der Waals surface area contributed by atoms with Crippen molar-refractivity contribution >= 4 is 31.6 Å². The molecule has 1 fully saturated rings. The number of carbonyl (C=O) groups excluding carboxylic acids is 1. The van der Waals surface area contributed by atoms with E-state index in [1.54, 1.807) is 53.2 Å². The van der Waals surface area contributed by atoms with Crippen molar-refractivity contribution < 1.29 is 30.4 Å². The quantitative estimate of drug-likeness (QED) is 0.188. The molecule has 0 bridgehead atoms. The smallest absolute Gasteiger partial charge is 0.303 e. The standard InChI is InChI=1S/C36H34F2N4O5S2/c1-36(2,3)16-17-48(44,45)30-9-4-6-26(19-30)25-12-10-24(11-13-25)18-34-39-33(31-15-14-27(37)20-32(31)38)22-41(34)28-7-5-8-29(21-28)42-23-35(43)40-49(42,46)47/h4-15,19-22H,16-18,23H2,1-3H3,(H,40,43). The average molecular weight is 705 g/mol. The van der Waals surface area contributed by atoms with Gasteiger partial charge in [-0.1, -0.05) is 63.2 Å². The number of sulfone groups is 1. The first-order chi connectivity index (χ1) is 23.1. The number of anilines is 1. The zero-order valence-electron chi connectivity index (χ0n) is 27.0. The molecule has 0 aliphatic carbocycles. The van der Waals surface area contributed by atoms with Gasteiger partial charge in [0.1, 0.15) is 24.0 Å². The second kappa shape index (κ2) is 12.9. The topological polar surface area (TPSA) is 118 Å². The highest BCUT2D eigenvalue weighted by Gasteiger charge is 2.34. The normalized spacial score (nSPS) is 14.6. The van der Waals surface area contributed by atoms with Crippen LogP contribution >= 0.6 is 0 Å². The van der Waals surface area contributed by atoms with Crippen LogP contribution in [0.15, 0.2) is 102 Å². The molecule has 9 nitrogen and oxygen atoms in total. The highest BCUT2D eigenvalue weighted by Crippen LogP contribution is 2.30. The van der Waals surface area contributed by atoms with E-state index in [1.165, 1.54) is 6.07 Å². The Morgan fingerprint density at radius 2 is 1.59 bits per heavy atom. The molecule has 4 aromatic carbocycles. The van der Waals surface area contributed by atoms with Gasteiger partial charge in [0, 0.05) is 29.9 Å². The van der Waals surface area contributed by atoms with Gasteiger partial charge in [-0.15, -0.1) is 0 Å². The highest BCUT2D eigenvalue weighted by atomic mass is 32.2. The minimum atomic E-state index is -4.05. The first kappa shape index (κ1) is 34.0. The second-order valence-corrected chi connectivity index (χ2v) is 16.8. The van der Waals surface area contributed by atoms with Gasteiger partial charge in [-0.25, -0.2) is 31.2 Å². The van der Waals surface area contributed by atoms with E-state index in [2.05, 4.69) is 0 Å². The van der Waals surface area contributed by atoms with Crippen molar-refractivity contribution in [3.8, 4) is 28.1 Å². The molecule has 0 spiro atoms. The van der Waals surface area contributed by atoms with Gasteiger partial charge < -0.3 is 4.57 Å². The lowest BCUT2D eigenvalue weighted by Gasteiger charge is -2.18. The SMILES string of the molecule is CC(C)(C)CCS(=O)(=O)c1cccc(-c2ccc(Cc3nc(-c4ccc(F)cc4F)cn3-c3cccc(N4CC(=O)NS4(=O)=O)c3)cc2)c1. The number of nitrogens with one attached hydrogen (secondary N) is 1. The molecule has 254 valence electrons. The first-order valence-electron chi connectivity index (χ1n) is 15.5. The van der Waals surface area contributed by atoms with Crippen LogP contribution in [0, 0.1) is 17.0 Å². The molecule has 1 aliphatic rings. The van der Waals surface area contributed by atoms with Crippen LogP contribution in [-0.2, 0) is 31.3 Å².